The highest BCUT2D eigenvalue weighted by molar-refractivity contribution is 7.90. The van der Waals surface area contributed by atoms with Crippen LogP contribution in [0.2, 0.25) is 0 Å². The Balaban J connectivity index is 0.830. The van der Waals surface area contributed by atoms with Gasteiger partial charge < -0.3 is 29.8 Å². The Morgan fingerprint density at radius 1 is 0.987 bits per heavy atom. The minimum Gasteiger partial charge on any atom is -0.497 e. The quantitative estimate of drug-likeness (QED) is 0.0526. The van der Waals surface area contributed by atoms with Crippen molar-refractivity contribution in [2.45, 2.75) is 107 Å². The first-order chi connectivity index (χ1) is 37.1. The number of hydrogen-bond acceptors (Lipinski definition) is 14. The van der Waals surface area contributed by atoms with Gasteiger partial charge in [-0.15, -0.1) is 0 Å². The molecule has 1 amide bonds. The number of aromatic nitrogens is 3. The van der Waals surface area contributed by atoms with Gasteiger partial charge >= 0.3 is 5.69 Å². The van der Waals surface area contributed by atoms with E-state index in [0.29, 0.717) is 49.9 Å². The van der Waals surface area contributed by atoms with Gasteiger partial charge in [-0.05, 0) is 123 Å². The molecule has 2 saturated heterocycles. The number of pyridine rings is 2. The molecule has 6 aromatic rings. The third kappa shape index (κ3) is 11.3. The fourth-order valence-electron chi connectivity index (χ4n) is 11.7. The molecule has 4 fully saturated rings. The zero-order chi connectivity index (χ0) is 55.1. The van der Waals surface area contributed by atoms with Crippen molar-refractivity contribution in [1.29, 1.82) is 0 Å². The number of hydrogen-bond donors (Lipinski definition) is 4. The zero-order valence-electron chi connectivity index (χ0n) is 45.4. The van der Waals surface area contributed by atoms with Crippen LogP contribution in [0.25, 0.3) is 11.0 Å². The molecular formula is C56H66FN9O8S. The van der Waals surface area contributed by atoms with Crippen molar-refractivity contribution in [2.75, 3.05) is 56.5 Å². The second-order valence-electron chi connectivity index (χ2n) is 21.6. The Bertz CT molecular complexity index is 3280. The summed E-state index contributed by atoms with van der Waals surface area (Å²) in [7, 11) is -7.23. The Morgan fingerprint density at radius 2 is 1.75 bits per heavy atom. The predicted octanol–water partition coefficient (Wildman–Crippen LogP) is 9.71. The number of anilines is 2. The number of nitrogens with zero attached hydrogens (tertiary/aromatic N) is 6. The van der Waals surface area contributed by atoms with Crippen LogP contribution in [0.3, 0.4) is 0 Å². The Labute approximate surface area is 441 Å². The highest BCUT2D eigenvalue weighted by Crippen LogP contribution is 2.53. The minimum absolute atomic E-state index is 0.0134. The van der Waals surface area contributed by atoms with E-state index in [2.05, 4.69) is 77.8 Å². The van der Waals surface area contributed by atoms with Crippen LogP contribution < -0.4 is 24.4 Å². The predicted molar refractivity (Wildman–Crippen MR) is 284 cm³/mol. The maximum Gasteiger partial charge on any atom is 0.312 e. The fourth-order valence-corrected chi connectivity index (χ4v) is 12.7. The number of piperazine rings is 1. The van der Waals surface area contributed by atoms with Crippen LogP contribution in [-0.4, -0.2) is 107 Å². The van der Waals surface area contributed by atoms with Crippen LogP contribution in [0.15, 0.2) is 102 Å². The van der Waals surface area contributed by atoms with E-state index in [1.165, 1.54) is 35.7 Å². The molecule has 1 spiro atoms. The second-order valence-corrected chi connectivity index (χ2v) is 23.3. The first-order valence-electron chi connectivity index (χ1n) is 27.3. The Hall–Kier alpha value is -6.67. The van der Waals surface area contributed by atoms with Crippen molar-refractivity contribution in [3.8, 4) is 17.2 Å². The van der Waals surface area contributed by atoms with Gasteiger partial charge in [0.1, 0.15) is 33.6 Å². The molecule has 4 aliphatic rings. The van der Waals surface area contributed by atoms with E-state index >= 15 is 0 Å². The van der Waals surface area contributed by atoms with Gasteiger partial charge in [-0.3, -0.25) is 24.7 Å². The largest absolute Gasteiger partial charge is 0.497 e. The summed E-state index contributed by atoms with van der Waals surface area (Å²) < 4.78 is 78.2. The number of aromatic amines is 1. The summed E-state index contributed by atoms with van der Waals surface area (Å²) >= 11 is 0. The number of H-pyrrole nitrogens is 1. The molecule has 2 aliphatic heterocycles. The van der Waals surface area contributed by atoms with E-state index in [0.717, 1.165) is 88.5 Å². The number of fused-ring (bicyclic) bond motifs is 1. The van der Waals surface area contributed by atoms with Crippen LogP contribution in [-0.2, 0) is 16.6 Å². The van der Waals surface area contributed by atoms with Crippen molar-refractivity contribution in [3.05, 3.63) is 136 Å². The molecule has 10 rings (SSSR count). The van der Waals surface area contributed by atoms with Crippen LogP contribution in [0, 0.1) is 27.3 Å². The highest BCUT2D eigenvalue weighted by atomic mass is 32.2. The van der Waals surface area contributed by atoms with Crippen molar-refractivity contribution in [1.82, 2.24) is 29.5 Å². The number of piperidine rings is 1. The molecule has 3 aromatic heterocycles. The topological polar surface area (TPSA) is 208 Å². The molecule has 396 valence electrons. The molecule has 19 heteroatoms. The standard InChI is InChI=1S/C56H66FN9O8S/c1-36(2)44-7-5-6-8-45(44)50-35-63(34-38-9-12-41(73-4)13-10-38)23-24-65(50)40-28-56(29-40)19-21-64(22-20-56)39-11-14-46(51(25-39)74-42-26-47-48(57)33-61-52(47)59-31-42)54(67)62-75(71,72)43-27-49(66(69)70)53(60-32-43)58-30-37-15-17-55(3,68)18-16-37/h5-14,25-27,31-33,36-37,40,50,68H,15-24,28-30,34-35H2,1-4H3,(H,58,60)(H,59,61)(H,62,67)/t37?,50-,55?/m0/s1/i4D3. The summed E-state index contributed by atoms with van der Waals surface area (Å²) in [5.41, 5.74) is 3.45. The molecule has 5 heterocycles. The van der Waals surface area contributed by atoms with E-state index in [9.17, 15) is 32.8 Å². The number of methoxy groups -OCH3 is 1. The third-order valence-electron chi connectivity index (χ3n) is 16.1. The van der Waals surface area contributed by atoms with Crippen LogP contribution in [0.1, 0.15) is 115 Å². The number of nitro groups is 1. The number of ether oxygens (including phenoxy) is 2. The van der Waals surface area contributed by atoms with E-state index in [1.54, 1.807) is 31.2 Å². The van der Waals surface area contributed by atoms with Gasteiger partial charge in [-0.25, -0.2) is 27.5 Å². The zero-order valence-corrected chi connectivity index (χ0v) is 43.2. The molecule has 3 aromatic carbocycles. The lowest BCUT2D eigenvalue weighted by Gasteiger charge is -2.58. The molecule has 0 unspecified atom stereocenters. The van der Waals surface area contributed by atoms with Gasteiger partial charge in [-0.2, -0.15) is 0 Å². The van der Waals surface area contributed by atoms with Crippen molar-refractivity contribution >= 4 is 44.2 Å². The number of carbonyl (C=O) groups is 1. The number of rotatable bonds is 16. The molecule has 17 nitrogen and oxygen atoms in total. The number of sulfonamides is 1. The SMILES string of the molecule is [2H]C([2H])([2H])Oc1ccc(CN2CCN(C3CC4(CCN(c5ccc(C(=O)NS(=O)(=O)c6cnc(NCC7CCC(C)(O)CC7)c([N+](=O)[O-])c6)c(Oc6cnc7[nH]cc(F)c7c6)c5)CC4)C3)[C@H](c3ccccc3C(C)C)C2)cc1. The molecule has 4 N–H and O–H groups in total. The highest BCUT2D eigenvalue weighted by Gasteiger charge is 2.50. The number of aliphatic hydroxyl groups is 1. The number of nitrogens with one attached hydrogen (secondary N) is 3. The Morgan fingerprint density at radius 3 is 2.48 bits per heavy atom. The summed E-state index contributed by atoms with van der Waals surface area (Å²) in [5.74, 6) is -0.866. The summed E-state index contributed by atoms with van der Waals surface area (Å²) in [5, 5.41) is 25.7. The molecule has 2 aliphatic carbocycles. The number of benzene rings is 3. The van der Waals surface area contributed by atoms with Gasteiger partial charge in [0, 0.05) is 81.9 Å². The maximum atomic E-state index is 14.7. The van der Waals surface area contributed by atoms with E-state index in [-0.39, 0.29) is 51.3 Å². The smallest absolute Gasteiger partial charge is 0.312 e. The summed E-state index contributed by atoms with van der Waals surface area (Å²) in [4.78, 5) is 43.5. The summed E-state index contributed by atoms with van der Waals surface area (Å²) in [6, 6.07) is 23.8. The van der Waals surface area contributed by atoms with Gasteiger partial charge in [-0.1, -0.05) is 50.2 Å². The van der Waals surface area contributed by atoms with E-state index in [1.807, 2.05) is 12.1 Å². The number of carbonyl (C=O) groups excluding carboxylic acids is 1. The molecule has 0 bridgehead atoms. The third-order valence-corrected chi connectivity index (χ3v) is 17.4. The summed E-state index contributed by atoms with van der Waals surface area (Å²) in [6.45, 7) is 11.4. The van der Waals surface area contributed by atoms with Crippen molar-refractivity contribution < 1.29 is 41.2 Å². The lowest BCUT2D eigenvalue weighted by atomic mass is 9.59. The van der Waals surface area contributed by atoms with E-state index in [4.69, 9.17) is 13.6 Å². The number of halogens is 1. The minimum atomic E-state index is -4.72. The Kier molecular flexibility index (Phi) is 13.5. The first kappa shape index (κ1) is 48.0. The monoisotopic (exact) mass is 1050 g/mol. The van der Waals surface area contributed by atoms with Crippen molar-refractivity contribution in [3.63, 3.8) is 0 Å². The molecular weight excluding hydrogens is 978 g/mol. The van der Waals surface area contributed by atoms with Gasteiger partial charge in [0.2, 0.25) is 5.82 Å². The average Bonchev–Trinajstić information content (AvgIpc) is 3.94. The lowest BCUT2D eigenvalue weighted by Crippen LogP contribution is -2.60. The first-order valence-corrected chi connectivity index (χ1v) is 27.3. The van der Waals surface area contributed by atoms with Gasteiger partial charge in [0.05, 0.1) is 45.0 Å². The maximum absolute atomic E-state index is 14.7. The second kappa shape index (κ2) is 21.2. The van der Waals surface area contributed by atoms with Crippen LogP contribution in [0.4, 0.5) is 21.6 Å². The van der Waals surface area contributed by atoms with Gasteiger partial charge in [0.15, 0.2) is 0 Å². The van der Waals surface area contributed by atoms with E-state index < -0.39 is 49.9 Å². The molecule has 0 radical (unpaired) electrons. The van der Waals surface area contributed by atoms with Crippen LogP contribution in [0.5, 0.6) is 17.2 Å². The molecule has 75 heavy (non-hydrogen) atoms. The molecule has 1 atom stereocenters. The normalized spacial score (nSPS) is 22.3. The van der Waals surface area contributed by atoms with Crippen LogP contribution >= 0.6 is 0 Å². The number of amides is 1. The fraction of sp³-hybridized carbons (Fsp3) is 0.446. The van der Waals surface area contributed by atoms with Crippen molar-refractivity contribution in [2.24, 2.45) is 11.3 Å². The van der Waals surface area contributed by atoms with Gasteiger partial charge in [0.25, 0.3) is 15.9 Å². The average molecular weight is 1050 g/mol. The lowest BCUT2D eigenvalue weighted by molar-refractivity contribution is -0.384. The summed E-state index contributed by atoms with van der Waals surface area (Å²) in [6.07, 6.45) is 10.1. The molecule has 2 saturated carbocycles.